The molecule has 108 valence electrons. The molecule has 20 heavy (non-hydrogen) atoms. The lowest BCUT2D eigenvalue weighted by Crippen LogP contribution is -2.50. The Morgan fingerprint density at radius 3 is 2.30 bits per heavy atom. The predicted molar refractivity (Wildman–Crippen MR) is 75.2 cm³/mol. The molecule has 1 aliphatic rings. The molecule has 0 unspecified atom stereocenters. The molecule has 0 aromatic heterocycles. The summed E-state index contributed by atoms with van der Waals surface area (Å²) in [5.74, 6) is 0.0546. The fourth-order valence-corrected chi connectivity index (χ4v) is 2.54. The van der Waals surface area contributed by atoms with Gasteiger partial charge in [0.25, 0.3) is 0 Å². The number of hydrogen-bond acceptors (Lipinski definition) is 2. The molecule has 0 spiro atoms. The van der Waals surface area contributed by atoms with Crippen LogP contribution >= 0.6 is 0 Å². The average Bonchev–Trinajstić information content (AvgIpc) is 2.36. The Bertz CT molecular complexity index is 481. The fraction of sp³-hybridized carbons (Fsp3) is 0.467. The van der Waals surface area contributed by atoms with Gasteiger partial charge in [-0.1, -0.05) is 30.3 Å². The SMILES string of the molecule is CN(C)C(=O)[C@H]1C[C@H](N(Cc2ccccc2)C(=O)O)C1. The highest BCUT2D eigenvalue weighted by atomic mass is 16.4. The second-order valence-corrected chi connectivity index (χ2v) is 5.45. The molecule has 1 saturated carbocycles. The minimum atomic E-state index is -0.922. The summed E-state index contributed by atoms with van der Waals surface area (Å²) in [4.78, 5) is 26.2. The molecule has 5 heteroatoms. The second kappa shape index (κ2) is 5.94. The van der Waals surface area contributed by atoms with E-state index < -0.39 is 6.09 Å². The third kappa shape index (κ3) is 3.10. The molecule has 5 nitrogen and oxygen atoms in total. The third-order valence-corrected chi connectivity index (χ3v) is 3.79. The minimum Gasteiger partial charge on any atom is -0.465 e. The smallest absolute Gasteiger partial charge is 0.407 e. The van der Waals surface area contributed by atoms with Crippen LogP contribution in [-0.2, 0) is 11.3 Å². The van der Waals surface area contributed by atoms with E-state index in [1.807, 2.05) is 30.3 Å². The molecule has 0 atom stereocenters. The van der Waals surface area contributed by atoms with Crippen LogP contribution in [0.15, 0.2) is 30.3 Å². The Morgan fingerprint density at radius 1 is 1.20 bits per heavy atom. The molecule has 0 bridgehead atoms. The van der Waals surface area contributed by atoms with E-state index >= 15 is 0 Å². The van der Waals surface area contributed by atoms with Crippen LogP contribution in [0.4, 0.5) is 4.79 Å². The number of carbonyl (C=O) groups excluding carboxylic acids is 1. The van der Waals surface area contributed by atoms with E-state index in [1.165, 1.54) is 4.90 Å². The van der Waals surface area contributed by atoms with Gasteiger partial charge < -0.3 is 14.9 Å². The zero-order chi connectivity index (χ0) is 14.7. The maximum absolute atomic E-state index is 11.8. The van der Waals surface area contributed by atoms with E-state index in [4.69, 9.17) is 0 Å². The topological polar surface area (TPSA) is 60.9 Å². The molecule has 1 N–H and O–H groups in total. The Morgan fingerprint density at radius 2 is 1.80 bits per heavy atom. The molecule has 0 heterocycles. The molecule has 1 fully saturated rings. The highest BCUT2D eigenvalue weighted by molar-refractivity contribution is 5.79. The summed E-state index contributed by atoms with van der Waals surface area (Å²) in [7, 11) is 3.46. The normalized spacial score (nSPS) is 20.9. The number of nitrogens with zero attached hydrogens (tertiary/aromatic N) is 2. The van der Waals surface area contributed by atoms with Gasteiger partial charge in [-0.05, 0) is 18.4 Å². The van der Waals surface area contributed by atoms with Crippen LogP contribution in [0.1, 0.15) is 18.4 Å². The molecule has 2 amide bonds. The van der Waals surface area contributed by atoms with Crippen molar-refractivity contribution in [3.63, 3.8) is 0 Å². The zero-order valence-electron chi connectivity index (χ0n) is 11.8. The molecule has 1 aromatic rings. The lowest BCUT2D eigenvalue weighted by Gasteiger charge is -2.41. The van der Waals surface area contributed by atoms with E-state index in [9.17, 15) is 14.7 Å². The second-order valence-electron chi connectivity index (χ2n) is 5.45. The van der Waals surface area contributed by atoms with E-state index in [0.29, 0.717) is 19.4 Å². The standard InChI is InChI=1S/C15H20N2O3/c1-16(2)14(18)12-8-13(9-12)17(15(19)20)10-11-6-4-3-5-7-11/h3-7,12-13H,8-10H2,1-2H3,(H,19,20)/t12-,13-. The predicted octanol–water partition coefficient (Wildman–Crippen LogP) is 2.03. The van der Waals surface area contributed by atoms with Gasteiger partial charge in [-0.15, -0.1) is 0 Å². The van der Waals surface area contributed by atoms with E-state index in [0.717, 1.165) is 5.56 Å². The first kappa shape index (κ1) is 14.4. The van der Waals surface area contributed by atoms with Crippen LogP contribution in [0.25, 0.3) is 0 Å². The van der Waals surface area contributed by atoms with Gasteiger partial charge in [0.1, 0.15) is 0 Å². The van der Waals surface area contributed by atoms with E-state index in [1.54, 1.807) is 19.0 Å². The third-order valence-electron chi connectivity index (χ3n) is 3.79. The molecule has 1 aromatic carbocycles. The number of rotatable bonds is 4. The number of amides is 2. The summed E-state index contributed by atoms with van der Waals surface area (Å²) in [6.07, 6.45) is 0.321. The van der Waals surface area contributed by atoms with Gasteiger partial charge >= 0.3 is 6.09 Å². The monoisotopic (exact) mass is 276 g/mol. The van der Waals surface area contributed by atoms with Gasteiger partial charge in [0.2, 0.25) is 5.91 Å². The Labute approximate surface area is 118 Å². The first-order valence-corrected chi connectivity index (χ1v) is 6.73. The van der Waals surface area contributed by atoms with Crippen LogP contribution < -0.4 is 0 Å². The molecular formula is C15H20N2O3. The maximum atomic E-state index is 11.8. The fourth-order valence-electron chi connectivity index (χ4n) is 2.54. The van der Waals surface area contributed by atoms with Crippen LogP contribution in [0.2, 0.25) is 0 Å². The first-order valence-electron chi connectivity index (χ1n) is 6.73. The molecule has 2 rings (SSSR count). The van der Waals surface area contributed by atoms with Crippen LogP contribution in [0, 0.1) is 5.92 Å². The van der Waals surface area contributed by atoms with Gasteiger partial charge in [0, 0.05) is 32.6 Å². The molecule has 0 saturated heterocycles. The Balaban J connectivity index is 1.95. The summed E-state index contributed by atoms with van der Waals surface area (Å²) in [5, 5.41) is 9.33. The highest BCUT2D eigenvalue weighted by Gasteiger charge is 2.40. The number of carbonyl (C=O) groups is 2. The van der Waals surface area contributed by atoms with Crippen molar-refractivity contribution in [2.75, 3.05) is 14.1 Å². The van der Waals surface area contributed by atoms with Gasteiger partial charge in [-0.2, -0.15) is 0 Å². The Hall–Kier alpha value is -2.04. The number of benzene rings is 1. The van der Waals surface area contributed by atoms with Gasteiger partial charge in [-0.3, -0.25) is 4.79 Å². The Kier molecular flexibility index (Phi) is 4.27. The van der Waals surface area contributed by atoms with Crippen molar-refractivity contribution in [1.82, 2.24) is 9.80 Å². The summed E-state index contributed by atoms with van der Waals surface area (Å²) >= 11 is 0. The van der Waals surface area contributed by atoms with Crippen LogP contribution in [0.3, 0.4) is 0 Å². The molecule has 1 aliphatic carbocycles. The summed E-state index contributed by atoms with van der Waals surface area (Å²) < 4.78 is 0. The van der Waals surface area contributed by atoms with Crippen molar-refractivity contribution >= 4 is 12.0 Å². The van der Waals surface area contributed by atoms with Crippen molar-refractivity contribution in [2.24, 2.45) is 5.92 Å². The average molecular weight is 276 g/mol. The van der Waals surface area contributed by atoms with Gasteiger partial charge in [-0.25, -0.2) is 4.79 Å². The maximum Gasteiger partial charge on any atom is 0.407 e. The first-order chi connectivity index (χ1) is 9.49. The number of hydrogen-bond donors (Lipinski definition) is 1. The molecular weight excluding hydrogens is 256 g/mol. The highest BCUT2D eigenvalue weighted by Crippen LogP contribution is 2.33. The van der Waals surface area contributed by atoms with Crippen molar-refractivity contribution < 1.29 is 14.7 Å². The minimum absolute atomic E-state index is 0.0346. The number of carboxylic acid groups (broad SMARTS) is 1. The van der Waals surface area contributed by atoms with E-state index in [-0.39, 0.29) is 17.9 Å². The van der Waals surface area contributed by atoms with Crippen LogP contribution in [-0.4, -0.2) is 47.0 Å². The van der Waals surface area contributed by atoms with Crippen LogP contribution in [0.5, 0.6) is 0 Å². The van der Waals surface area contributed by atoms with Crippen molar-refractivity contribution in [2.45, 2.75) is 25.4 Å². The van der Waals surface area contributed by atoms with Crippen molar-refractivity contribution in [3.05, 3.63) is 35.9 Å². The molecule has 0 aliphatic heterocycles. The zero-order valence-corrected chi connectivity index (χ0v) is 11.8. The summed E-state index contributed by atoms with van der Waals surface area (Å²) in [5.41, 5.74) is 0.970. The van der Waals surface area contributed by atoms with Crippen molar-refractivity contribution in [3.8, 4) is 0 Å². The molecule has 0 radical (unpaired) electrons. The van der Waals surface area contributed by atoms with E-state index in [2.05, 4.69) is 0 Å². The lowest BCUT2D eigenvalue weighted by atomic mass is 9.78. The summed E-state index contributed by atoms with van der Waals surface area (Å²) in [6, 6.07) is 9.47. The quantitative estimate of drug-likeness (QED) is 0.915. The largest absolute Gasteiger partial charge is 0.465 e. The van der Waals surface area contributed by atoms with Gasteiger partial charge in [0.05, 0.1) is 0 Å². The lowest BCUT2D eigenvalue weighted by molar-refractivity contribution is -0.137. The van der Waals surface area contributed by atoms with Gasteiger partial charge in [0.15, 0.2) is 0 Å². The summed E-state index contributed by atoms with van der Waals surface area (Å²) in [6.45, 7) is 0.379. The van der Waals surface area contributed by atoms with Crippen molar-refractivity contribution in [1.29, 1.82) is 0 Å².